The molecule has 2 N–H and O–H groups in total. The van der Waals surface area contributed by atoms with Gasteiger partial charge in [-0.25, -0.2) is 4.68 Å². The molecule has 0 saturated carbocycles. The molecule has 4 rings (SSSR count). The van der Waals surface area contributed by atoms with Gasteiger partial charge >= 0.3 is 0 Å². The van der Waals surface area contributed by atoms with Crippen LogP contribution in [0.15, 0.2) is 30.5 Å². The molecule has 6 nitrogen and oxygen atoms in total. The first kappa shape index (κ1) is 18.0. The summed E-state index contributed by atoms with van der Waals surface area (Å²) >= 11 is 0. The van der Waals surface area contributed by atoms with Gasteiger partial charge in [0.05, 0.1) is 11.9 Å². The second-order valence-electron chi connectivity index (χ2n) is 8.23. The van der Waals surface area contributed by atoms with E-state index in [4.69, 9.17) is 0 Å². The van der Waals surface area contributed by atoms with Gasteiger partial charge in [0, 0.05) is 25.2 Å². The van der Waals surface area contributed by atoms with Gasteiger partial charge < -0.3 is 15.3 Å². The van der Waals surface area contributed by atoms with E-state index < -0.39 is 0 Å². The number of hydrogen-bond acceptors (Lipinski definition) is 4. The van der Waals surface area contributed by atoms with Crippen molar-refractivity contribution in [2.24, 2.45) is 0 Å². The van der Waals surface area contributed by atoms with E-state index in [2.05, 4.69) is 36.4 Å². The molecule has 2 bridgehead atoms. The molecule has 27 heavy (non-hydrogen) atoms. The zero-order valence-electron chi connectivity index (χ0n) is 16.2. The summed E-state index contributed by atoms with van der Waals surface area (Å²) in [5, 5.41) is 18.3. The molecule has 2 fully saturated rings. The van der Waals surface area contributed by atoms with Crippen molar-refractivity contribution >= 4 is 5.91 Å². The molecule has 2 atom stereocenters. The summed E-state index contributed by atoms with van der Waals surface area (Å²) in [6.45, 7) is 4.29. The maximum Gasteiger partial charge on any atom is 0.278 e. The topological polar surface area (TPSA) is 70.4 Å². The highest BCUT2D eigenvalue weighted by Crippen LogP contribution is 2.30. The minimum absolute atomic E-state index is 0.0725. The third-order valence-corrected chi connectivity index (χ3v) is 6.04. The lowest BCUT2D eigenvalue weighted by molar-refractivity contribution is 0.0672. The van der Waals surface area contributed by atoms with Crippen LogP contribution in [0.5, 0.6) is 5.75 Å². The van der Waals surface area contributed by atoms with Crippen LogP contribution in [0.4, 0.5) is 0 Å². The lowest BCUT2D eigenvalue weighted by Crippen LogP contribution is -2.48. The Morgan fingerprint density at radius 1 is 1.22 bits per heavy atom. The number of fused-ring (bicyclic) bond motifs is 2. The standard InChI is InChI=1S/C21H28N4O2/c1-13(2)14-4-8-17(9-5-14)25-12-19(26)20(23-25)21(27)24(3)18-10-15-6-7-16(11-18)22-15/h4-5,8-9,12-13,15-16,18,22,26H,6-7,10-11H2,1-3H3. The Kier molecular flexibility index (Phi) is 4.68. The fourth-order valence-corrected chi connectivity index (χ4v) is 4.34. The Balaban J connectivity index is 1.53. The van der Waals surface area contributed by atoms with Crippen LogP contribution < -0.4 is 5.32 Å². The normalized spacial score (nSPS) is 24.4. The zero-order chi connectivity index (χ0) is 19.1. The van der Waals surface area contributed by atoms with Crippen molar-refractivity contribution in [1.82, 2.24) is 20.0 Å². The molecule has 1 aromatic heterocycles. The number of carbonyl (C=O) groups excluding carboxylic acids is 1. The van der Waals surface area contributed by atoms with Gasteiger partial charge in [-0.05, 0) is 49.3 Å². The fraction of sp³-hybridized carbons (Fsp3) is 0.524. The number of benzene rings is 1. The summed E-state index contributed by atoms with van der Waals surface area (Å²) in [6, 6.07) is 9.25. The number of aromatic hydroxyl groups is 1. The van der Waals surface area contributed by atoms with Gasteiger partial charge in [0.1, 0.15) is 0 Å². The third-order valence-electron chi connectivity index (χ3n) is 6.04. The van der Waals surface area contributed by atoms with Gasteiger partial charge in [-0.2, -0.15) is 5.10 Å². The molecule has 2 aromatic rings. The highest BCUT2D eigenvalue weighted by atomic mass is 16.3. The summed E-state index contributed by atoms with van der Waals surface area (Å²) < 4.78 is 1.58. The number of carbonyl (C=O) groups is 1. The zero-order valence-corrected chi connectivity index (χ0v) is 16.2. The molecule has 2 saturated heterocycles. The number of nitrogens with one attached hydrogen (secondary N) is 1. The maximum atomic E-state index is 13.0. The van der Waals surface area contributed by atoms with Crippen LogP contribution in [0.25, 0.3) is 5.69 Å². The number of amides is 1. The lowest BCUT2D eigenvalue weighted by Gasteiger charge is -2.35. The first-order chi connectivity index (χ1) is 12.9. The van der Waals surface area contributed by atoms with Gasteiger partial charge in [0.25, 0.3) is 5.91 Å². The number of rotatable bonds is 4. The van der Waals surface area contributed by atoms with E-state index in [1.165, 1.54) is 24.6 Å². The fourth-order valence-electron chi connectivity index (χ4n) is 4.34. The van der Waals surface area contributed by atoms with Crippen molar-refractivity contribution in [1.29, 1.82) is 0 Å². The molecule has 2 unspecified atom stereocenters. The Bertz CT molecular complexity index is 815. The number of nitrogens with zero attached hydrogens (tertiary/aromatic N) is 3. The Morgan fingerprint density at radius 2 is 1.85 bits per heavy atom. The molecule has 144 valence electrons. The average Bonchev–Trinajstić information content (AvgIpc) is 3.22. The van der Waals surface area contributed by atoms with Gasteiger partial charge in [0.2, 0.25) is 0 Å². The molecule has 1 aromatic carbocycles. The van der Waals surface area contributed by atoms with E-state index >= 15 is 0 Å². The van der Waals surface area contributed by atoms with Crippen molar-refractivity contribution in [3.8, 4) is 11.4 Å². The molecule has 0 spiro atoms. The van der Waals surface area contributed by atoms with Gasteiger partial charge in [-0.1, -0.05) is 26.0 Å². The first-order valence-corrected chi connectivity index (χ1v) is 9.84. The second kappa shape index (κ2) is 7.00. The van der Waals surface area contributed by atoms with E-state index in [1.54, 1.807) is 9.58 Å². The molecule has 0 aliphatic carbocycles. The molecule has 2 aliphatic rings. The summed E-state index contributed by atoms with van der Waals surface area (Å²) in [5.41, 5.74) is 2.19. The van der Waals surface area contributed by atoms with E-state index in [-0.39, 0.29) is 23.4 Å². The first-order valence-electron chi connectivity index (χ1n) is 9.84. The number of piperidine rings is 1. The van der Waals surface area contributed by atoms with Crippen LogP contribution in [0.3, 0.4) is 0 Å². The average molecular weight is 368 g/mol. The lowest BCUT2D eigenvalue weighted by atomic mass is 9.98. The highest BCUT2D eigenvalue weighted by Gasteiger charge is 2.37. The number of aromatic nitrogens is 2. The van der Waals surface area contributed by atoms with Crippen LogP contribution in [-0.2, 0) is 0 Å². The largest absolute Gasteiger partial charge is 0.504 e. The molecule has 1 amide bonds. The van der Waals surface area contributed by atoms with Crippen molar-refractivity contribution in [3.05, 3.63) is 41.7 Å². The predicted molar refractivity (Wildman–Crippen MR) is 104 cm³/mol. The summed E-state index contributed by atoms with van der Waals surface area (Å²) in [7, 11) is 1.83. The Hall–Kier alpha value is -2.34. The third kappa shape index (κ3) is 3.46. The van der Waals surface area contributed by atoms with Crippen LogP contribution in [0, 0.1) is 0 Å². The van der Waals surface area contributed by atoms with Gasteiger partial charge in [-0.15, -0.1) is 0 Å². The van der Waals surface area contributed by atoms with Crippen molar-refractivity contribution in [2.75, 3.05) is 7.05 Å². The molecular weight excluding hydrogens is 340 g/mol. The summed E-state index contributed by atoms with van der Waals surface area (Å²) in [6.07, 6.45) is 5.83. The molecule has 6 heteroatoms. The monoisotopic (exact) mass is 368 g/mol. The summed E-state index contributed by atoms with van der Waals surface area (Å²) in [4.78, 5) is 14.7. The molecular formula is C21H28N4O2. The Morgan fingerprint density at radius 3 is 2.44 bits per heavy atom. The Labute approximate surface area is 160 Å². The van der Waals surface area contributed by atoms with Crippen molar-refractivity contribution < 1.29 is 9.90 Å². The van der Waals surface area contributed by atoms with Gasteiger partial charge in [-0.3, -0.25) is 4.79 Å². The van der Waals surface area contributed by atoms with Crippen molar-refractivity contribution in [3.63, 3.8) is 0 Å². The van der Waals surface area contributed by atoms with Crippen LogP contribution in [-0.4, -0.2) is 50.9 Å². The van der Waals surface area contributed by atoms with Gasteiger partial charge in [0.15, 0.2) is 11.4 Å². The second-order valence-corrected chi connectivity index (χ2v) is 8.23. The van der Waals surface area contributed by atoms with Crippen LogP contribution in [0.2, 0.25) is 0 Å². The van der Waals surface area contributed by atoms with E-state index in [0.717, 1.165) is 18.5 Å². The van der Waals surface area contributed by atoms with E-state index in [1.807, 2.05) is 19.2 Å². The van der Waals surface area contributed by atoms with Crippen molar-refractivity contribution in [2.45, 2.75) is 63.6 Å². The molecule has 0 radical (unpaired) electrons. The van der Waals surface area contributed by atoms with Crippen LogP contribution in [0.1, 0.15) is 61.5 Å². The molecule has 2 aliphatic heterocycles. The highest BCUT2D eigenvalue weighted by molar-refractivity contribution is 5.94. The molecule has 3 heterocycles. The quantitative estimate of drug-likeness (QED) is 0.870. The smallest absolute Gasteiger partial charge is 0.278 e. The van der Waals surface area contributed by atoms with E-state index in [9.17, 15) is 9.90 Å². The van der Waals surface area contributed by atoms with Crippen LogP contribution >= 0.6 is 0 Å². The summed E-state index contributed by atoms with van der Waals surface area (Å²) in [5.74, 6) is 0.171. The minimum Gasteiger partial charge on any atom is -0.504 e. The number of hydrogen-bond donors (Lipinski definition) is 2. The predicted octanol–water partition coefficient (Wildman–Crippen LogP) is 3.06. The maximum absolute atomic E-state index is 13.0. The minimum atomic E-state index is -0.212. The van der Waals surface area contributed by atoms with E-state index in [0.29, 0.717) is 18.0 Å². The SMILES string of the molecule is CC(C)c1ccc(-n2cc(O)c(C(=O)N(C)C3CC4CCC(C3)N4)n2)cc1.